The standard InChI is InChI=1S/C10H15N3O3S/c1-7-10(8(2)12-11-7)17(15,16)13-5-3-4-9(14)6-13/h3-6H2,1-2H3,(H,11,12). The molecule has 0 saturated carbocycles. The summed E-state index contributed by atoms with van der Waals surface area (Å²) in [5, 5.41) is 6.53. The summed E-state index contributed by atoms with van der Waals surface area (Å²) in [7, 11) is -3.59. The van der Waals surface area contributed by atoms with Crippen molar-refractivity contribution in [2.24, 2.45) is 0 Å². The zero-order chi connectivity index (χ0) is 12.6. The zero-order valence-corrected chi connectivity index (χ0v) is 10.7. The monoisotopic (exact) mass is 257 g/mol. The van der Waals surface area contributed by atoms with Crippen molar-refractivity contribution in [3.63, 3.8) is 0 Å². The molecule has 0 bridgehead atoms. The molecule has 1 fully saturated rings. The fourth-order valence-corrected chi connectivity index (χ4v) is 3.86. The van der Waals surface area contributed by atoms with Gasteiger partial charge in [0, 0.05) is 13.0 Å². The van der Waals surface area contributed by atoms with E-state index in [1.54, 1.807) is 13.8 Å². The molecule has 0 atom stereocenters. The number of aryl methyl sites for hydroxylation is 2. The quantitative estimate of drug-likeness (QED) is 0.830. The van der Waals surface area contributed by atoms with Crippen LogP contribution in [0.2, 0.25) is 0 Å². The molecular weight excluding hydrogens is 242 g/mol. The summed E-state index contributed by atoms with van der Waals surface area (Å²) in [5.41, 5.74) is 0.959. The van der Waals surface area contributed by atoms with E-state index in [4.69, 9.17) is 0 Å². The molecule has 1 aromatic rings. The van der Waals surface area contributed by atoms with Gasteiger partial charge in [0.05, 0.1) is 17.9 Å². The Bertz CT molecular complexity index is 528. The van der Waals surface area contributed by atoms with Crippen LogP contribution in [0.25, 0.3) is 0 Å². The topological polar surface area (TPSA) is 83.1 Å². The summed E-state index contributed by atoms with van der Waals surface area (Å²) < 4.78 is 25.9. The normalized spacial score (nSPS) is 18.6. The maximum Gasteiger partial charge on any atom is 0.247 e. The van der Waals surface area contributed by atoms with Gasteiger partial charge in [0.1, 0.15) is 10.7 Å². The molecule has 0 spiro atoms. The molecule has 0 aromatic carbocycles. The van der Waals surface area contributed by atoms with Gasteiger partial charge in [0.2, 0.25) is 10.0 Å². The summed E-state index contributed by atoms with van der Waals surface area (Å²) in [5.74, 6) is -0.0290. The molecule has 1 aromatic heterocycles. The number of nitrogens with one attached hydrogen (secondary N) is 1. The van der Waals surface area contributed by atoms with E-state index < -0.39 is 10.0 Å². The smallest absolute Gasteiger partial charge is 0.247 e. The maximum absolute atomic E-state index is 12.3. The van der Waals surface area contributed by atoms with E-state index in [0.717, 1.165) is 0 Å². The van der Waals surface area contributed by atoms with Crippen molar-refractivity contribution in [1.29, 1.82) is 0 Å². The van der Waals surface area contributed by atoms with Crippen LogP contribution in [0.1, 0.15) is 24.2 Å². The molecule has 1 saturated heterocycles. The van der Waals surface area contributed by atoms with E-state index in [9.17, 15) is 13.2 Å². The zero-order valence-electron chi connectivity index (χ0n) is 9.86. The summed E-state index contributed by atoms with van der Waals surface area (Å²) >= 11 is 0. The summed E-state index contributed by atoms with van der Waals surface area (Å²) in [4.78, 5) is 11.5. The lowest BCUT2D eigenvalue weighted by Gasteiger charge is -2.25. The van der Waals surface area contributed by atoms with E-state index in [0.29, 0.717) is 30.8 Å². The number of hydrogen-bond donors (Lipinski definition) is 1. The molecule has 0 amide bonds. The van der Waals surface area contributed by atoms with Gasteiger partial charge >= 0.3 is 0 Å². The van der Waals surface area contributed by atoms with Gasteiger partial charge in [-0.1, -0.05) is 0 Å². The number of nitrogens with zero attached hydrogens (tertiary/aromatic N) is 2. The van der Waals surface area contributed by atoms with Gasteiger partial charge < -0.3 is 0 Å². The maximum atomic E-state index is 12.3. The molecule has 1 aliphatic heterocycles. The van der Waals surface area contributed by atoms with Crippen LogP contribution in [0, 0.1) is 13.8 Å². The number of ketones is 1. The minimum atomic E-state index is -3.59. The SMILES string of the molecule is Cc1n[nH]c(C)c1S(=O)(=O)N1CCCC(=O)C1. The highest BCUT2D eigenvalue weighted by atomic mass is 32.2. The van der Waals surface area contributed by atoms with Crippen LogP contribution in [0.5, 0.6) is 0 Å². The van der Waals surface area contributed by atoms with Crippen molar-refractivity contribution in [2.75, 3.05) is 13.1 Å². The first-order valence-electron chi connectivity index (χ1n) is 5.46. The van der Waals surface area contributed by atoms with Crippen LogP contribution < -0.4 is 0 Å². The molecule has 0 radical (unpaired) electrons. The van der Waals surface area contributed by atoms with E-state index in [-0.39, 0.29) is 17.2 Å². The highest BCUT2D eigenvalue weighted by Crippen LogP contribution is 2.23. The van der Waals surface area contributed by atoms with Crippen molar-refractivity contribution < 1.29 is 13.2 Å². The minimum Gasteiger partial charge on any atom is -0.298 e. The van der Waals surface area contributed by atoms with Crippen molar-refractivity contribution in [1.82, 2.24) is 14.5 Å². The molecule has 6 nitrogen and oxygen atoms in total. The average Bonchev–Trinajstić information content (AvgIpc) is 2.59. The number of carbonyl (C=O) groups is 1. The second-order valence-electron chi connectivity index (χ2n) is 4.24. The number of aromatic nitrogens is 2. The Labute approximate surface area is 100 Å². The van der Waals surface area contributed by atoms with Crippen LogP contribution in [0.15, 0.2) is 4.90 Å². The highest BCUT2D eigenvalue weighted by Gasteiger charge is 2.32. The summed E-state index contributed by atoms with van der Waals surface area (Å²) in [6.07, 6.45) is 1.06. The van der Waals surface area contributed by atoms with Gasteiger partial charge in [-0.25, -0.2) is 8.42 Å². The first-order valence-corrected chi connectivity index (χ1v) is 6.90. The average molecular weight is 257 g/mol. The van der Waals surface area contributed by atoms with E-state index in [2.05, 4.69) is 10.2 Å². The molecular formula is C10H15N3O3S. The predicted octanol–water partition coefficient (Wildman–Crippen LogP) is 0.380. The molecule has 1 N–H and O–H groups in total. The number of hydrogen-bond acceptors (Lipinski definition) is 4. The Balaban J connectivity index is 2.40. The summed E-state index contributed by atoms with van der Waals surface area (Å²) in [6, 6.07) is 0. The van der Waals surface area contributed by atoms with Crippen LogP contribution >= 0.6 is 0 Å². The number of Topliss-reactive ketones (excluding diaryl/α,β-unsaturated/α-hetero) is 1. The molecule has 7 heteroatoms. The van der Waals surface area contributed by atoms with Gasteiger partial charge in [-0.2, -0.15) is 9.40 Å². The molecule has 94 valence electrons. The van der Waals surface area contributed by atoms with Crippen molar-refractivity contribution >= 4 is 15.8 Å². The van der Waals surface area contributed by atoms with E-state index in [1.165, 1.54) is 4.31 Å². The summed E-state index contributed by atoms with van der Waals surface area (Å²) in [6.45, 7) is 3.69. The van der Waals surface area contributed by atoms with Gasteiger partial charge in [0.15, 0.2) is 0 Å². The van der Waals surface area contributed by atoms with Crippen LogP contribution in [-0.4, -0.2) is 41.8 Å². The molecule has 17 heavy (non-hydrogen) atoms. The first-order chi connectivity index (χ1) is 7.93. The number of sulfonamides is 1. The molecule has 0 aliphatic carbocycles. The third kappa shape index (κ3) is 2.12. The molecule has 2 heterocycles. The Morgan fingerprint density at radius 3 is 2.59 bits per heavy atom. The fraction of sp³-hybridized carbons (Fsp3) is 0.600. The molecule has 0 unspecified atom stereocenters. The lowest BCUT2D eigenvalue weighted by molar-refractivity contribution is -0.120. The van der Waals surface area contributed by atoms with Crippen molar-refractivity contribution in [3.05, 3.63) is 11.4 Å². The Morgan fingerprint density at radius 1 is 1.35 bits per heavy atom. The number of carbonyl (C=O) groups excluding carboxylic acids is 1. The Hall–Kier alpha value is -1.21. The van der Waals surface area contributed by atoms with Gasteiger partial charge in [-0.15, -0.1) is 0 Å². The Kier molecular flexibility index (Phi) is 3.05. The van der Waals surface area contributed by atoms with Crippen LogP contribution in [0.4, 0.5) is 0 Å². The van der Waals surface area contributed by atoms with Crippen LogP contribution in [0.3, 0.4) is 0 Å². The van der Waals surface area contributed by atoms with E-state index >= 15 is 0 Å². The van der Waals surface area contributed by atoms with Crippen molar-refractivity contribution in [2.45, 2.75) is 31.6 Å². The third-order valence-electron chi connectivity index (χ3n) is 2.87. The minimum absolute atomic E-state index is 0.0214. The van der Waals surface area contributed by atoms with Crippen molar-refractivity contribution in [3.8, 4) is 0 Å². The first kappa shape index (κ1) is 12.3. The molecule has 2 rings (SSSR count). The van der Waals surface area contributed by atoms with Crippen LogP contribution in [-0.2, 0) is 14.8 Å². The predicted molar refractivity (Wildman–Crippen MR) is 61.1 cm³/mol. The number of piperidine rings is 1. The lowest BCUT2D eigenvalue weighted by Crippen LogP contribution is -2.40. The second kappa shape index (κ2) is 4.23. The highest BCUT2D eigenvalue weighted by molar-refractivity contribution is 7.89. The number of rotatable bonds is 2. The fourth-order valence-electron chi connectivity index (χ4n) is 2.06. The molecule has 1 aliphatic rings. The number of aromatic amines is 1. The lowest BCUT2D eigenvalue weighted by atomic mass is 10.1. The second-order valence-corrected chi connectivity index (χ2v) is 6.12. The van der Waals surface area contributed by atoms with Gasteiger partial charge in [0.25, 0.3) is 0 Å². The van der Waals surface area contributed by atoms with Gasteiger partial charge in [-0.3, -0.25) is 9.89 Å². The Morgan fingerprint density at radius 2 is 2.06 bits per heavy atom. The number of H-pyrrole nitrogens is 1. The third-order valence-corrected chi connectivity index (χ3v) is 4.98. The van der Waals surface area contributed by atoms with E-state index in [1.807, 2.05) is 0 Å². The van der Waals surface area contributed by atoms with Gasteiger partial charge in [-0.05, 0) is 20.3 Å². The largest absolute Gasteiger partial charge is 0.298 e.